The van der Waals surface area contributed by atoms with E-state index in [1.165, 1.54) is 12.1 Å². The van der Waals surface area contributed by atoms with Crippen molar-refractivity contribution < 1.29 is 13.9 Å². The molecule has 0 atom stereocenters. The molecule has 3 nitrogen and oxygen atoms in total. The summed E-state index contributed by atoms with van der Waals surface area (Å²) in [7, 11) is 0. The van der Waals surface area contributed by atoms with Crippen molar-refractivity contribution in [3.8, 4) is 5.75 Å². The quantitative estimate of drug-likeness (QED) is 0.599. The summed E-state index contributed by atoms with van der Waals surface area (Å²) in [6.45, 7) is 5.75. The van der Waals surface area contributed by atoms with Crippen LogP contribution in [0.4, 0.5) is 10.1 Å². The second-order valence-corrected chi connectivity index (χ2v) is 4.04. The number of nitrogens with two attached hydrogens (primary N) is 1. The Labute approximate surface area is 95.4 Å². The molecule has 0 spiro atoms. The lowest BCUT2D eigenvalue weighted by Crippen LogP contribution is -2.10. The van der Waals surface area contributed by atoms with Crippen molar-refractivity contribution in [1.82, 2.24) is 0 Å². The van der Waals surface area contributed by atoms with Crippen LogP contribution in [0.5, 0.6) is 5.75 Å². The zero-order chi connectivity index (χ0) is 12.0. The Balaban J connectivity index is 2.26. The first-order chi connectivity index (χ1) is 7.58. The summed E-state index contributed by atoms with van der Waals surface area (Å²) in [5.41, 5.74) is 5.84. The van der Waals surface area contributed by atoms with E-state index in [1.807, 2.05) is 0 Å². The minimum atomic E-state index is -0.391. The topological polar surface area (TPSA) is 44.5 Å². The Hall–Kier alpha value is -1.29. The largest absolute Gasteiger partial charge is 0.491 e. The van der Waals surface area contributed by atoms with Gasteiger partial charge in [0.1, 0.15) is 18.2 Å². The molecule has 0 aliphatic heterocycles. The molecule has 0 bridgehead atoms. The van der Waals surface area contributed by atoms with Crippen LogP contribution in [-0.4, -0.2) is 19.8 Å². The van der Waals surface area contributed by atoms with Gasteiger partial charge in [-0.3, -0.25) is 0 Å². The van der Waals surface area contributed by atoms with E-state index in [1.54, 1.807) is 6.07 Å². The van der Waals surface area contributed by atoms with E-state index in [2.05, 4.69) is 13.8 Å². The highest BCUT2D eigenvalue weighted by Gasteiger charge is 1.99. The first kappa shape index (κ1) is 12.8. The average Bonchev–Trinajstić information content (AvgIpc) is 2.15. The molecule has 0 radical (unpaired) electrons. The lowest BCUT2D eigenvalue weighted by atomic mass is 10.2. The molecule has 0 heterocycles. The zero-order valence-corrected chi connectivity index (χ0v) is 9.70. The first-order valence-electron chi connectivity index (χ1n) is 5.34. The second-order valence-electron chi connectivity index (χ2n) is 4.04. The van der Waals surface area contributed by atoms with E-state index < -0.39 is 5.82 Å². The van der Waals surface area contributed by atoms with Gasteiger partial charge in [-0.1, -0.05) is 13.8 Å². The van der Waals surface area contributed by atoms with Gasteiger partial charge in [0.2, 0.25) is 0 Å². The predicted octanol–water partition coefficient (Wildman–Crippen LogP) is 2.46. The van der Waals surface area contributed by atoms with E-state index in [4.69, 9.17) is 15.2 Å². The molecule has 0 fully saturated rings. The monoisotopic (exact) mass is 227 g/mol. The van der Waals surface area contributed by atoms with Gasteiger partial charge in [0.15, 0.2) is 0 Å². The molecule has 4 heteroatoms. The van der Waals surface area contributed by atoms with Crippen LogP contribution in [0, 0.1) is 11.7 Å². The third-order valence-electron chi connectivity index (χ3n) is 1.84. The maximum absolute atomic E-state index is 12.9. The molecule has 90 valence electrons. The van der Waals surface area contributed by atoms with Crippen LogP contribution in [0.15, 0.2) is 18.2 Å². The molecule has 1 rings (SSSR count). The average molecular weight is 227 g/mol. The van der Waals surface area contributed by atoms with E-state index in [-0.39, 0.29) is 0 Å². The molecule has 0 aliphatic carbocycles. The zero-order valence-electron chi connectivity index (χ0n) is 9.70. The van der Waals surface area contributed by atoms with Crippen LogP contribution < -0.4 is 10.5 Å². The van der Waals surface area contributed by atoms with Crippen LogP contribution in [0.2, 0.25) is 0 Å². The predicted molar refractivity (Wildman–Crippen MR) is 62.0 cm³/mol. The number of ether oxygens (including phenoxy) is 2. The Morgan fingerprint density at radius 2 is 2.00 bits per heavy atom. The third-order valence-corrected chi connectivity index (χ3v) is 1.84. The van der Waals surface area contributed by atoms with Crippen molar-refractivity contribution in [3.05, 3.63) is 24.0 Å². The van der Waals surface area contributed by atoms with Crippen molar-refractivity contribution >= 4 is 5.69 Å². The standard InChI is InChI=1S/C12H18FNO2/c1-9(2)8-15-3-4-16-12-6-10(13)5-11(14)7-12/h5-7,9H,3-4,8,14H2,1-2H3. The van der Waals surface area contributed by atoms with Crippen molar-refractivity contribution in [2.45, 2.75) is 13.8 Å². The molecule has 0 aromatic heterocycles. The molecular weight excluding hydrogens is 209 g/mol. The fourth-order valence-electron chi connectivity index (χ4n) is 1.21. The van der Waals surface area contributed by atoms with Gasteiger partial charge in [-0.15, -0.1) is 0 Å². The molecule has 0 unspecified atom stereocenters. The van der Waals surface area contributed by atoms with Gasteiger partial charge in [0.25, 0.3) is 0 Å². The van der Waals surface area contributed by atoms with E-state index in [9.17, 15) is 4.39 Å². The lowest BCUT2D eigenvalue weighted by molar-refractivity contribution is 0.0818. The molecule has 0 aliphatic rings. The summed E-state index contributed by atoms with van der Waals surface area (Å²) in [6.07, 6.45) is 0. The van der Waals surface area contributed by atoms with Gasteiger partial charge in [-0.25, -0.2) is 4.39 Å². The van der Waals surface area contributed by atoms with Crippen LogP contribution in [0.1, 0.15) is 13.8 Å². The Morgan fingerprint density at radius 3 is 2.62 bits per heavy atom. The molecule has 0 saturated carbocycles. The molecule has 2 N–H and O–H groups in total. The SMILES string of the molecule is CC(C)COCCOc1cc(N)cc(F)c1. The maximum atomic E-state index is 12.9. The molecule has 1 aromatic carbocycles. The smallest absolute Gasteiger partial charge is 0.128 e. The minimum Gasteiger partial charge on any atom is -0.491 e. The van der Waals surface area contributed by atoms with Gasteiger partial charge in [-0.05, 0) is 12.0 Å². The fourth-order valence-corrected chi connectivity index (χ4v) is 1.21. The third kappa shape index (κ3) is 4.98. The van der Waals surface area contributed by atoms with Crippen molar-refractivity contribution in [1.29, 1.82) is 0 Å². The second kappa shape index (κ2) is 6.33. The number of nitrogen functional groups attached to an aromatic ring is 1. The number of rotatable bonds is 6. The summed E-state index contributed by atoms with van der Waals surface area (Å²) in [5.74, 6) is 0.550. The molecule has 0 saturated heterocycles. The van der Waals surface area contributed by atoms with Crippen LogP contribution in [0.25, 0.3) is 0 Å². The summed E-state index contributed by atoms with van der Waals surface area (Å²) < 4.78 is 23.5. The highest BCUT2D eigenvalue weighted by molar-refractivity contribution is 5.44. The summed E-state index contributed by atoms with van der Waals surface area (Å²) in [4.78, 5) is 0. The molecule has 1 aromatic rings. The highest BCUT2D eigenvalue weighted by Crippen LogP contribution is 2.17. The number of hydrogen-bond acceptors (Lipinski definition) is 3. The number of hydrogen-bond donors (Lipinski definition) is 1. The lowest BCUT2D eigenvalue weighted by Gasteiger charge is -2.09. The van der Waals surface area contributed by atoms with Crippen molar-refractivity contribution in [3.63, 3.8) is 0 Å². The Bertz CT molecular complexity index is 309. The molecular formula is C12H18FNO2. The maximum Gasteiger partial charge on any atom is 0.128 e. The summed E-state index contributed by atoms with van der Waals surface area (Å²) >= 11 is 0. The van der Waals surface area contributed by atoms with Crippen LogP contribution in [0.3, 0.4) is 0 Å². The van der Waals surface area contributed by atoms with Gasteiger partial charge < -0.3 is 15.2 Å². The first-order valence-corrected chi connectivity index (χ1v) is 5.34. The number of benzene rings is 1. The van der Waals surface area contributed by atoms with Gasteiger partial charge >= 0.3 is 0 Å². The van der Waals surface area contributed by atoms with Crippen molar-refractivity contribution in [2.24, 2.45) is 5.92 Å². The number of anilines is 1. The van der Waals surface area contributed by atoms with Gasteiger partial charge in [0, 0.05) is 24.4 Å². The number of halogens is 1. The van der Waals surface area contributed by atoms with E-state index in [0.29, 0.717) is 37.2 Å². The Kier molecular flexibility index (Phi) is 5.05. The normalized spacial score (nSPS) is 10.8. The molecule has 16 heavy (non-hydrogen) atoms. The van der Waals surface area contributed by atoms with Crippen LogP contribution >= 0.6 is 0 Å². The van der Waals surface area contributed by atoms with Gasteiger partial charge in [-0.2, -0.15) is 0 Å². The van der Waals surface area contributed by atoms with Crippen molar-refractivity contribution in [2.75, 3.05) is 25.6 Å². The summed E-state index contributed by atoms with van der Waals surface area (Å²) in [5, 5.41) is 0. The summed E-state index contributed by atoms with van der Waals surface area (Å²) in [6, 6.07) is 4.15. The van der Waals surface area contributed by atoms with E-state index in [0.717, 1.165) is 0 Å². The van der Waals surface area contributed by atoms with Gasteiger partial charge in [0.05, 0.1) is 6.61 Å². The minimum absolute atomic E-state index is 0.359. The van der Waals surface area contributed by atoms with E-state index >= 15 is 0 Å². The molecule has 0 amide bonds. The van der Waals surface area contributed by atoms with Crippen LogP contribution in [-0.2, 0) is 4.74 Å². The Morgan fingerprint density at radius 1 is 1.25 bits per heavy atom. The highest BCUT2D eigenvalue weighted by atomic mass is 19.1. The fraction of sp³-hybridized carbons (Fsp3) is 0.500.